The van der Waals surface area contributed by atoms with E-state index in [2.05, 4.69) is 5.32 Å². The van der Waals surface area contributed by atoms with Gasteiger partial charge in [0.05, 0.1) is 10.6 Å². The number of halogens is 1. The molecule has 0 aliphatic carbocycles. The lowest BCUT2D eigenvalue weighted by molar-refractivity contribution is -0.118. The van der Waals surface area contributed by atoms with Crippen LogP contribution < -0.4 is 15.8 Å². The highest BCUT2D eigenvalue weighted by Crippen LogP contribution is 2.21. The highest BCUT2D eigenvalue weighted by atomic mass is 35.5. The second-order valence-corrected chi connectivity index (χ2v) is 5.57. The van der Waals surface area contributed by atoms with Gasteiger partial charge in [-0.2, -0.15) is 0 Å². The summed E-state index contributed by atoms with van der Waals surface area (Å²) in [6, 6.07) is 10.3. The Morgan fingerprint density at radius 3 is 2.57 bits per heavy atom. The van der Waals surface area contributed by atoms with Gasteiger partial charge >= 0.3 is 0 Å². The third kappa shape index (κ3) is 4.47. The Bertz CT molecular complexity index is 759. The molecule has 0 aromatic heterocycles. The predicted molar refractivity (Wildman–Crippen MR) is 90.0 cm³/mol. The van der Waals surface area contributed by atoms with Crippen molar-refractivity contribution in [2.75, 3.05) is 11.9 Å². The van der Waals surface area contributed by atoms with E-state index < -0.39 is 5.91 Å². The van der Waals surface area contributed by atoms with E-state index >= 15 is 0 Å². The third-order valence-electron chi connectivity index (χ3n) is 3.22. The second-order valence-electron chi connectivity index (χ2n) is 5.16. The van der Waals surface area contributed by atoms with Crippen LogP contribution in [-0.4, -0.2) is 18.4 Å². The molecule has 0 bridgehead atoms. The second kappa shape index (κ2) is 7.15. The SMILES string of the molecule is Cc1ccc(C)c(OCC(=O)Nc2ccc(C(N)=O)c(Cl)c2)c1. The van der Waals surface area contributed by atoms with Crippen molar-refractivity contribution in [3.63, 3.8) is 0 Å². The fourth-order valence-electron chi connectivity index (χ4n) is 2.00. The lowest BCUT2D eigenvalue weighted by atomic mass is 10.1. The van der Waals surface area contributed by atoms with Crippen LogP contribution in [0.4, 0.5) is 5.69 Å². The van der Waals surface area contributed by atoms with Crippen LogP contribution in [0.1, 0.15) is 21.5 Å². The number of anilines is 1. The van der Waals surface area contributed by atoms with Crippen molar-refractivity contribution >= 4 is 29.1 Å². The number of rotatable bonds is 5. The number of amides is 2. The van der Waals surface area contributed by atoms with E-state index in [4.69, 9.17) is 22.1 Å². The minimum atomic E-state index is -0.619. The van der Waals surface area contributed by atoms with Gasteiger partial charge in [0, 0.05) is 5.69 Å². The molecular weight excluding hydrogens is 316 g/mol. The van der Waals surface area contributed by atoms with Gasteiger partial charge in [0.1, 0.15) is 5.75 Å². The fourth-order valence-corrected chi connectivity index (χ4v) is 2.27. The largest absolute Gasteiger partial charge is 0.483 e. The number of hydrogen-bond donors (Lipinski definition) is 2. The minimum Gasteiger partial charge on any atom is -0.483 e. The summed E-state index contributed by atoms with van der Waals surface area (Å²) in [6.45, 7) is 3.74. The molecule has 23 heavy (non-hydrogen) atoms. The average molecular weight is 333 g/mol. The molecule has 2 amide bonds. The summed E-state index contributed by atoms with van der Waals surface area (Å²) in [5.74, 6) is -0.276. The highest BCUT2D eigenvalue weighted by Gasteiger charge is 2.10. The molecule has 0 aliphatic rings. The van der Waals surface area contributed by atoms with Crippen LogP contribution in [0.2, 0.25) is 5.02 Å². The molecular formula is C17H17ClN2O3. The smallest absolute Gasteiger partial charge is 0.262 e. The summed E-state index contributed by atoms with van der Waals surface area (Å²) in [4.78, 5) is 23.0. The summed E-state index contributed by atoms with van der Waals surface area (Å²) in [6.07, 6.45) is 0. The van der Waals surface area contributed by atoms with Gasteiger partial charge in [-0.3, -0.25) is 9.59 Å². The van der Waals surface area contributed by atoms with Gasteiger partial charge in [-0.15, -0.1) is 0 Å². The molecule has 0 spiro atoms. The zero-order valence-electron chi connectivity index (χ0n) is 12.9. The summed E-state index contributed by atoms with van der Waals surface area (Å²) in [5.41, 5.74) is 7.86. The van der Waals surface area contributed by atoms with E-state index in [-0.39, 0.29) is 23.1 Å². The quantitative estimate of drug-likeness (QED) is 0.882. The number of primary amides is 1. The average Bonchev–Trinajstić information content (AvgIpc) is 2.48. The zero-order valence-corrected chi connectivity index (χ0v) is 13.6. The molecule has 0 fully saturated rings. The van der Waals surface area contributed by atoms with Crippen LogP contribution in [0.5, 0.6) is 5.75 Å². The van der Waals surface area contributed by atoms with Crippen molar-refractivity contribution in [2.24, 2.45) is 5.73 Å². The van der Waals surface area contributed by atoms with Crippen LogP contribution >= 0.6 is 11.6 Å². The number of carbonyl (C=O) groups excluding carboxylic acids is 2. The first kappa shape index (κ1) is 16.8. The van der Waals surface area contributed by atoms with Crippen molar-refractivity contribution in [3.05, 3.63) is 58.1 Å². The van der Waals surface area contributed by atoms with Crippen molar-refractivity contribution in [1.29, 1.82) is 0 Å². The lowest BCUT2D eigenvalue weighted by Crippen LogP contribution is -2.20. The normalized spacial score (nSPS) is 10.2. The maximum Gasteiger partial charge on any atom is 0.262 e. The topological polar surface area (TPSA) is 81.4 Å². The third-order valence-corrected chi connectivity index (χ3v) is 3.53. The van der Waals surface area contributed by atoms with Crippen LogP contribution in [0.25, 0.3) is 0 Å². The molecule has 3 N–H and O–H groups in total. The standard InChI is InChI=1S/C17H17ClN2O3/c1-10-3-4-11(2)15(7-10)23-9-16(21)20-12-5-6-13(17(19)22)14(18)8-12/h3-8H,9H2,1-2H3,(H2,19,22)(H,20,21). The number of benzene rings is 2. The van der Waals surface area contributed by atoms with Gasteiger partial charge in [-0.1, -0.05) is 23.7 Å². The number of aryl methyl sites for hydroxylation is 2. The van der Waals surface area contributed by atoms with E-state index in [9.17, 15) is 9.59 Å². The van der Waals surface area contributed by atoms with E-state index in [1.165, 1.54) is 12.1 Å². The molecule has 0 unspecified atom stereocenters. The number of hydrogen-bond acceptors (Lipinski definition) is 3. The molecule has 2 aromatic carbocycles. The summed E-state index contributed by atoms with van der Waals surface area (Å²) < 4.78 is 5.52. The maximum absolute atomic E-state index is 11.9. The van der Waals surface area contributed by atoms with E-state index in [0.717, 1.165) is 11.1 Å². The van der Waals surface area contributed by atoms with Gasteiger partial charge in [-0.05, 0) is 49.2 Å². The van der Waals surface area contributed by atoms with Crippen molar-refractivity contribution in [2.45, 2.75) is 13.8 Å². The predicted octanol–water partition coefficient (Wildman–Crippen LogP) is 3.07. The molecule has 120 valence electrons. The van der Waals surface area contributed by atoms with Crippen LogP contribution in [-0.2, 0) is 4.79 Å². The molecule has 0 saturated carbocycles. The Morgan fingerprint density at radius 1 is 1.17 bits per heavy atom. The van der Waals surface area contributed by atoms with E-state index in [1.54, 1.807) is 6.07 Å². The van der Waals surface area contributed by atoms with Gasteiger partial charge < -0.3 is 15.8 Å². The molecule has 0 saturated heterocycles. The fraction of sp³-hybridized carbons (Fsp3) is 0.176. The van der Waals surface area contributed by atoms with Gasteiger partial charge in [0.2, 0.25) is 5.91 Å². The molecule has 6 heteroatoms. The molecule has 0 heterocycles. The van der Waals surface area contributed by atoms with Crippen molar-refractivity contribution < 1.29 is 14.3 Å². The summed E-state index contributed by atoms with van der Waals surface area (Å²) in [7, 11) is 0. The molecule has 0 atom stereocenters. The monoisotopic (exact) mass is 332 g/mol. The Balaban J connectivity index is 1.98. The first-order valence-electron chi connectivity index (χ1n) is 6.96. The van der Waals surface area contributed by atoms with Crippen LogP contribution in [0.15, 0.2) is 36.4 Å². The summed E-state index contributed by atoms with van der Waals surface area (Å²) >= 11 is 5.94. The van der Waals surface area contributed by atoms with Crippen LogP contribution in [0.3, 0.4) is 0 Å². The number of carbonyl (C=O) groups is 2. The zero-order chi connectivity index (χ0) is 17.0. The van der Waals surface area contributed by atoms with E-state index in [1.807, 2.05) is 32.0 Å². The van der Waals surface area contributed by atoms with Gasteiger partial charge in [0.15, 0.2) is 6.61 Å². The Hall–Kier alpha value is -2.53. The molecule has 0 radical (unpaired) electrons. The Kier molecular flexibility index (Phi) is 5.24. The number of ether oxygens (including phenoxy) is 1. The molecule has 2 aromatic rings. The number of nitrogens with two attached hydrogens (primary N) is 1. The van der Waals surface area contributed by atoms with Gasteiger partial charge in [0.25, 0.3) is 5.91 Å². The van der Waals surface area contributed by atoms with E-state index in [0.29, 0.717) is 11.4 Å². The molecule has 2 rings (SSSR count). The molecule has 5 nitrogen and oxygen atoms in total. The maximum atomic E-state index is 11.9. The summed E-state index contributed by atoms with van der Waals surface area (Å²) in [5, 5.41) is 2.84. The molecule has 0 aliphatic heterocycles. The Labute approximate surface area is 139 Å². The minimum absolute atomic E-state index is 0.126. The lowest BCUT2D eigenvalue weighted by Gasteiger charge is -2.11. The highest BCUT2D eigenvalue weighted by molar-refractivity contribution is 6.34. The number of nitrogens with one attached hydrogen (secondary N) is 1. The van der Waals surface area contributed by atoms with Gasteiger partial charge in [-0.25, -0.2) is 0 Å². The van der Waals surface area contributed by atoms with Crippen molar-refractivity contribution in [3.8, 4) is 5.75 Å². The first-order chi connectivity index (χ1) is 10.9. The van der Waals surface area contributed by atoms with Crippen molar-refractivity contribution in [1.82, 2.24) is 0 Å². The first-order valence-corrected chi connectivity index (χ1v) is 7.34. The Morgan fingerprint density at radius 2 is 1.91 bits per heavy atom. The van der Waals surface area contributed by atoms with Crippen LogP contribution in [0, 0.1) is 13.8 Å².